The summed E-state index contributed by atoms with van der Waals surface area (Å²) in [6.07, 6.45) is 4.58. The van der Waals surface area contributed by atoms with Crippen molar-refractivity contribution < 1.29 is 14.0 Å². The van der Waals surface area contributed by atoms with Crippen LogP contribution in [0.4, 0.5) is 5.69 Å². The summed E-state index contributed by atoms with van der Waals surface area (Å²) < 4.78 is 5.22. The lowest BCUT2D eigenvalue weighted by atomic mass is 9.81. The average Bonchev–Trinajstić information content (AvgIpc) is 3.13. The van der Waals surface area contributed by atoms with E-state index < -0.39 is 0 Å². The van der Waals surface area contributed by atoms with Gasteiger partial charge in [-0.25, -0.2) is 0 Å². The molecule has 2 amide bonds. The van der Waals surface area contributed by atoms with Crippen LogP contribution < -0.4 is 10.6 Å². The van der Waals surface area contributed by atoms with E-state index in [0.29, 0.717) is 6.54 Å². The van der Waals surface area contributed by atoms with Crippen molar-refractivity contribution in [2.24, 2.45) is 11.8 Å². The summed E-state index contributed by atoms with van der Waals surface area (Å²) in [5.41, 5.74) is 1.96. The van der Waals surface area contributed by atoms with Gasteiger partial charge in [0, 0.05) is 17.5 Å². The van der Waals surface area contributed by atoms with E-state index in [0.717, 1.165) is 42.7 Å². The molecule has 2 aromatic rings. The number of hydrogen-bond donors (Lipinski definition) is 2. The second-order valence-corrected chi connectivity index (χ2v) is 6.70. The van der Waals surface area contributed by atoms with Crippen LogP contribution in [0.15, 0.2) is 47.1 Å². The number of hydrogen-bond acceptors (Lipinski definition) is 3. The highest BCUT2D eigenvalue weighted by molar-refractivity contribution is 5.92. The Morgan fingerprint density at radius 3 is 2.40 bits per heavy atom. The van der Waals surface area contributed by atoms with Gasteiger partial charge in [-0.3, -0.25) is 9.59 Å². The third-order valence-electron chi connectivity index (χ3n) is 4.77. The fourth-order valence-electron chi connectivity index (χ4n) is 3.32. The van der Waals surface area contributed by atoms with Gasteiger partial charge in [0.2, 0.25) is 11.8 Å². The molecule has 25 heavy (non-hydrogen) atoms. The summed E-state index contributed by atoms with van der Waals surface area (Å²) >= 11 is 0. The highest BCUT2D eigenvalue weighted by atomic mass is 16.3. The van der Waals surface area contributed by atoms with E-state index in [-0.39, 0.29) is 23.7 Å². The molecule has 0 aliphatic heterocycles. The predicted octanol–water partition coefficient (Wildman–Crippen LogP) is 3.65. The summed E-state index contributed by atoms with van der Waals surface area (Å²) in [4.78, 5) is 24.7. The van der Waals surface area contributed by atoms with Crippen molar-refractivity contribution in [1.82, 2.24) is 5.32 Å². The number of aryl methyl sites for hydroxylation is 1. The molecular weight excluding hydrogens is 316 g/mol. The zero-order chi connectivity index (χ0) is 17.6. The van der Waals surface area contributed by atoms with Crippen molar-refractivity contribution in [3.63, 3.8) is 0 Å². The maximum atomic E-state index is 12.4. The predicted molar refractivity (Wildman–Crippen MR) is 95.8 cm³/mol. The quantitative estimate of drug-likeness (QED) is 0.873. The molecule has 132 valence electrons. The van der Waals surface area contributed by atoms with Gasteiger partial charge in [-0.15, -0.1) is 0 Å². The second kappa shape index (κ2) is 8.01. The topological polar surface area (TPSA) is 71.3 Å². The van der Waals surface area contributed by atoms with Crippen LogP contribution in [-0.4, -0.2) is 11.8 Å². The van der Waals surface area contributed by atoms with Crippen LogP contribution in [-0.2, 0) is 16.1 Å². The van der Waals surface area contributed by atoms with E-state index in [4.69, 9.17) is 4.42 Å². The van der Waals surface area contributed by atoms with Crippen LogP contribution in [0.2, 0.25) is 0 Å². The Labute approximate surface area is 147 Å². The van der Waals surface area contributed by atoms with Crippen molar-refractivity contribution in [1.29, 1.82) is 0 Å². The molecule has 5 heteroatoms. The number of rotatable bonds is 5. The fraction of sp³-hybridized carbons (Fsp3) is 0.400. The lowest BCUT2D eigenvalue weighted by molar-refractivity contribution is -0.128. The normalized spacial score (nSPS) is 20.0. The first-order chi connectivity index (χ1) is 12.1. The molecule has 1 fully saturated rings. The van der Waals surface area contributed by atoms with Gasteiger partial charge >= 0.3 is 0 Å². The first kappa shape index (κ1) is 17.3. The maximum absolute atomic E-state index is 12.4. The standard InChI is InChI=1S/C20H24N2O3/c1-14-4-2-5-17(12-14)22-20(24)16-9-7-15(8-10-16)19(23)21-13-18-6-3-11-25-18/h2-6,11-12,15-16H,7-10,13H2,1H3,(H,21,23)(H,22,24). The van der Waals surface area contributed by atoms with E-state index >= 15 is 0 Å². The Morgan fingerprint density at radius 1 is 1.04 bits per heavy atom. The number of benzene rings is 1. The van der Waals surface area contributed by atoms with Gasteiger partial charge in [-0.2, -0.15) is 0 Å². The van der Waals surface area contributed by atoms with Crippen LogP contribution in [0.1, 0.15) is 37.0 Å². The minimum absolute atomic E-state index is 0.0158. The molecule has 0 atom stereocenters. The lowest BCUT2D eigenvalue weighted by Crippen LogP contribution is -2.35. The van der Waals surface area contributed by atoms with Gasteiger partial charge in [-0.05, 0) is 62.4 Å². The van der Waals surface area contributed by atoms with Crippen molar-refractivity contribution in [2.45, 2.75) is 39.2 Å². The molecule has 0 radical (unpaired) electrons. The number of carbonyl (C=O) groups excluding carboxylic acids is 2. The van der Waals surface area contributed by atoms with Crippen LogP contribution >= 0.6 is 0 Å². The number of furan rings is 1. The van der Waals surface area contributed by atoms with Crippen molar-refractivity contribution >= 4 is 17.5 Å². The highest BCUT2D eigenvalue weighted by Gasteiger charge is 2.29. The van der Waals surface area contributed by atoms with Crippen molar-refractivity contribution in [2.75, 3.05) is 5.32 Å². The Bertz CT molecular complexity index is 716. The van der Waals surface area contributed by atoms with E-state index in [1.54, 1.807) is 12.3 Å². The highest BCUT2D eigenvalue weighted by Crippen LogP contribution is 2.30. The molecule has 1 aromatic heterocycles. The van der Waals surface area contributed by atoms with Crippen LogP contribution in [0, 0.1) is 18.8 Å². The molecule has 1 aromatic carbocycles. The summed E-state index contributed by atoms with van der Waals surface area (Å²) in [6, 6.07) is 11.4. The molecule has 1 aliphatic carbocycles. The van der Waals surface area contributed by atoms with E-state index in [2.05, 4.69) is 10.6 Å². The molecule has 0 spiro atoms. The third kappa shape index (κ3) is 4.72. The molecule has 3 rings (SSSR count). The second-order valence-electron chi connectivity index (χ2n) is 6.70. The molecule has 0 unspecified atom stereocenters. The van der Waals surface area contributed by atoms with Gasteiger partial charge in [-0.1, -0.05) is 12.1 Å². The molecule has 0 bridgehead atoms. The van der Waals surface area contributed by atoms with Crippen LogP contribution in [0.5, 0.6) is 0 Å². The first-order valence-corrected chi connectivity index (χ1v) is 8.79. The Kier molecular flexibility index (Phi) is 5.53. The van der Waals surface area contributed by atoms with Gasteiger partial charge in [0.15, 0.2) is 0 Å². The average molecular weight is 340 g/mol. The zero-order valence-electron chi connectivity index (χ0n) is 14.5. The summed E-state index contributed by atoms with van der Waals surface area (Å²) in [7, 11) is 0. The third-order valence-corrected chi connectivity index (χ3v) is 4.77. The smallest absolute Gasteiger partial charge is 0.227 e. The minimum Gasteiger partial charge on any atom is -0.467 e. The molecular formula is C20H24N2O3. The van der Waals surface area contributed by atoms with E-state index in [1.807, 2.05) is 37.3 Å². The van der Waals surface area contributed by atoms with Gasteiger partial charge in [0.1, 0.15) is 5.76 Å². The largest absolute Gasteiger partial charge is 0.467 e. The Hall–Kier alpha value is -2.56. The van der Waals surface area contributed by atoms with Gasteiger partial charge in [0.05, 0.1) is 12.8 Å². The van der Waals surface area contributed by atoms with Crippen molar-refractivity contribution in [3.8, 4) is 0 Å². The van der Waals surface area contributed by atoms with E-state index in [9.17, 15) is 9.59 Å². The maximum Gasteiger partial charge on any atom is 0.227 e. The Morgan fingerprint density at radius 2 is 1.76 bits per heavy atom. The zero-order valence-corrected chi connectivity index (χ0v) is 14.5. The SMILES string of the molecule is Cc1cccc(NC(=O)C2CCC(C(=O)NCc3ccco3)CC2)c1. The number of nitrogens with one attached hydrogen (secondary N) is 2. The Balaban J connectivity index is 1.44. The van der Waals surface area contributed by atoms with Crippen LogP contribution in [0.25, 0.3) is 0 Å². The summed E-state index contributed by atoms with van der Waals surface area (Å²) in [5.74, 6) is 0.821. The fourth-order valence-corrected chi connectivity index (χ4v) is 3.32. The van der Waals surface area contributed by atoms with Crippen molar-refractivity contribution in [3.05, 3.63) is 54.0 Å². The molecule has 0 saturated heterocycles. The van der Waals surface area contributed by atoms with Gasteiger partial charge in [0.25, 0.3) is 0 Å². The number of amides is 2. The monoisotopic (exact) mass is 340 g/mol. The molecule has 1 heterocycles. The lowest BCUT2D eigenvalue weighted by Gasteiger charge is -2.27. The molecule has 1 aliphatic rings. The van der Waals surface area contributed by atoms with Crippen LogP contribution in [0.3, 0.4) is 0 Å². The minimum atomic E-state index is -0.0189. The molecule has 2 N–H and O–H groups in total. The van der Waals surface area contributed by atoms with E-state index in [1.165, 1.54) is 0 Å². The van der Waals surface area contributed by atoms with Gasteiger partial charge < -0.3 is 15.1 Å². The molecule has 1 saturated carbocycles. The summed E-state index contributed by atoms with van der Waals surface area (Å²) in [6.45, 7) is 2.42. The number of carbonyl (C=O) groups is 2. The number of anilines is 1. The molecule has 5 nitrogen and oxygen atoms in total. The first-order valence-electron chi connectivity index (χ1n) is 8.79. The summed E-state index contributed by atoms with van der Waals surface area (Å²) in [5, 5.41) is 5.90.